The van der Waals surface area contributed by atoms with Gasteiger partial charge in [-0.05, 0) is 20.3 Å². The van der Waals surface area contributed by atoms with E-state index in [9.17, 15) is 5.11 Å². The van der Waals surface area contributed by atoms with Crippen molar-refractivity contribution in [2.45, 2.75) is 31.9 Å². The molecule has 1 atom stereocenters. The van der Waals surface area contributed by atoms with Crippen molar-refractivity contribution in [1.29, 1.82) is 0 Å². The molecule has 1 saturated heterocycles. The predicted octanol–water partition coefficient (Wildman–Crippen LogP) is -0.291. The third-order valence-corrected chi connectivity index (χ3v) is 1.87. The summed E-state index contributed by atoms with van der Waals surface area (Å²) in [4.78, 5) is 0. The molecule has 0 unspecified atom stereocenters. The molecule has 1 aliphatic heterocycles. The van der Waals surface area contributed by atoms with Gasteiger partial charge < -0.3 is 15.7 Å². The molecule has 3 nitrogen and oxygen atoms in total. The summed E-state index contributed by atoms with van der Waals surface area (Å²) in [5.74, 6) is 0. The maximum absolute atomic E-state index is 9.50. The van der Waals surface area contributed by atoms with Crippen molar-refractivity contribution in [1.82, 2.24) is 10.6 Å². The molecule has 0 aliphatic carbocycles. The average molecular weight is 158 g/mol. The summed E-state index contributed by atoms with van der Waals surface area (Å²) in [6.45, 7) is 6.74. The van der Waals surface area contributed by atoms with E-state index in [2.05, 4.69) is 10.6 Å². The topological polar surface area (TPSA) is 44.3 Å². The van der Waals surface area contributed by atoms with Gasteiger partial charge in [0.2, 0.25) is 0 Å². The third kappa shape index (κ3) is 3.70. The molecule has 0 aromatic carbocycles. The molecule has 0 aromatic rings. The van der Waals surface area contributed by atoms with Gasteiger partial charge in [0.1, 0.15) is 0 Å². The van der Waals surface area contributed by atoms with Crippen LogP contribution in [0.1, 0.15) is 20.3 Å². The summed E-state index contributed by atoms with van der Waals surface area (Å²) in [6, 6.07) is 0.434. The maximum atomic E-state index is 9.50. The van der Waals surface area contributed by atoms with E-state index < -0.39 is 5.60 Å². The number of rotatable bonds is 2. The van der Waals surface area contributed by atoms with Crippen molar-refractivity contribution in [3.8, 4) is 0 Å². The van der Waals surface area contributed by atoms with Crippen molar-refractivity contribution >= 4 is 0 Å². The molecule has 0 spiro atoms. The molecule has 0 bridgehead atoms. The molecule has 1 aliphatic rings. The van der Waals surface area contributed by atoms with Gasteiger partial charge in [0.15, 0.2) is 0 Å². The minimum Gasteiger partial charge on any atom is -0.390 e. The van der Waals surface area contributed by atoms with Crippen molar-refractivity contribution in [3.63, 3.8) is 0 Å². The number of hydrogen-bond donors (Lipinski definition) is 3. The lowest BCUT2D eigenvalue weighted by atomic mass is 9.98. The SMILES string of the molecule is CC(C)(O)C[C@H]1CNCCN1. The molecule has 3 N–H and O–H groups in total. The third-order valence-electron chi connectivity index (χ3n) is 1.87. The second-order valence-electron chi connectivity index (χ2n) is 3.87. The minimum atomic E-state index is -0.545. The molecule has 3 heteroatoms. The summed E-state index contributed by atoms with van der Waals surface area (Å²) in [5, 5.41) is 16.1. The predicted molar refractivity (Wildman–Crippen MR) is 45.6 cm³/mol. The molecule has 0 aromatic heterocycles. The van der Waals surface area contributed by atoms with Gasteiger partial charge in [-0.3, -0.25) is 0 Å². The van der Waals surface area contributed by atoms with E-state index >= 15 is 0 Å². The van der Waals surface area contributed by atoms with Crippen LogP contribution in [0.2, 0.25) is 0 Å². The lowest BCUT2D eigenvalue weighted by Crippen LogP contribution is -2.50. The van der Waals surface area contributed by atoms with Crippen LogP contribution in [-0.4, -0.2) is 36.4 Å². The molecule has 0 saturated carbocycles. The Kier molecular flexibility index (Phi) is 2.87. The van der Waals surface area contributed by atoms with Gasteiger partial charge in [-0.2, -0.15) is 0 Å². The fraction of sp³-hybridized carbons (Fsp3) is 1.00. The molecule has 0 amide bonds. The summed E-state index contributed by atoms with van der Waals surface area (Å²) in [6.07, 6.45) is 0.819. The lowest BCUT2D eigenvalue weighted by molar-refractivity contribution is 0.0573. The minimum absolute atomic E-state index is 0.434. The average Bonchev–Trinajstić information content (AvgIpc) is 1.85. The Bertz CT molecular complexity index is 114. The standard InChI is InChI=1S/C8H18N2O/c1-8(2,11)5-7-6-9-3-4-10-7/h7,9-11H,3-6H2,1-2H3/t7-/m0/s1. The van der Waals surface area contributed by atoms with Crippen LogP contribution in [0.3, 0.4) is 0 Å². The van der Waals surface area contributed by atoms with E-state index in [0.717, 1.165) is 26.1 Å². The normalized spacial score (nSPS) is 27.0. The van der Waals surface area contributed by atoms with E-state index in [-0.39, 0.29) is 0 Å². The molecule has 0 radical (unpaired) electrons. The highest BCUT2D eigenvalue weighted by molar-refractivity contribution is 4.81. The van der Waals surface area contributed by atoms with Crippen LogP contribution in [0.4, 0.5) is 0 Å². The van der Waals surface area contributed by atoms with Crippen molar-refractivity contribution < 1.29 is 5.11 Å². The van der Waals surface area contributed by atoms with Gasteiger partial charge in [0, 0.05) is 25.7 Å². The van der Waals surface area contributed by atoms with Crippen molar-refractivity contribution in [2.75, 3.05) is 19.6 Å². The van der Waals surface area contributed by atoms with Crippen LogP contribution in [0, 0.1) is 0 Å². The van der Waals surface area contributed by atoms with Crippen molar-refractivity contribution in [3.05, 3.63) is 0 Å². The highest BCUT2D eigenvalue weighted by Gasteiger charge is 2.21. The fourth-order valence-corrected chi connectivity index (χ4v) is 1.46. The molecular formula is C8H18N2O. The Balaban J connectivity index is 2.24. The second-order valence-corrected chi connectivity index (χ2v) is 3.87. The lowest BCUT2D eigenvalue weighted by Gasteiger charge is -2.29. The van der Waals surface area contributed by atoms with Gasteiger partial charge in [0.05, 0.1) is 5.60 Å². The summed E-state index contributed by atoms with van der Waals surface area (Å²) < 4.78 is 0. The highest BCUT2D eigenvalue weighted by atomic mass is 16.3. The summed E-state index contributed by atoms with van der Waals surface area (Å²) in [7, 11) is 0. The maximum Gasteiger partial charge on any atom is 0.0607 e. The largest absolute Gasteiger partial charge is 0.390 e. The van der Waals surface area contributed by atoms with Crippen LogP contribution in [0.15, 0.2) is 0 Å². The smallest absolute Gasteiger partial charge is 0.0607 e. The van der Waals surface area contributed by atoms with Crippen LogP contribution in [0.5, 0.6) is 0 Å². The van der Waals surface area contributed by atoms with E-state index in [0.29, 0.717) is 6.04 Å². The highest BCUT2D eigenvalue weighted by Crippen LogP contribution is 2.10. The molecule has 1 heterocycles. The van der Waals surface area contributed by atoms with Crippen molar-refractivity contribution in [2.24, 2.45) is 0 Å². The molecule has 11 heavy (non-hydrogen) atoms. The Hall–Kier alpha value is -0.120. The Labute approximate surface area is 68.2 Å². The first kappa shape index (κ1) is 8.97. The van der Waals surface area contributed by atoms with Gasteiger partial charge in [-0.15, -0.1) is 0 Å². The molecular weight excluding hydrogens is 140 g/mol. The Morgan fingerprint density at radius 3 is 2.64 bits per heavy atom. The van der Waals surface area contributed by atoms with Gasteiger partial charge >= 0.3 is 0 Å². The summed E-state index contributed by atoms with van der Waals surface area (Å²) in [5.41, 5.74) is -0.545. The zero-order valence-electron chi connectivity index (χ0n) is 7.35. The van der Waals surface area contributed by atoms with Crippen LogP contribution < -0.4 is 10.6 Å². The Morgan fingerprint density at radius 1 is 1.45 bits per heavy atom. The second kappa shape index (κ2) is 3.52. The van der Waals surface area contributed by atoms with E-state index in [1.165, 1.54) is 0 Å². The zero-order chi connectivity index (χ0) is 8.32. The van der Waals surface area contributed by atoms with Crippen LogP contribution in [-0.2, 0) is 0 Å². The monoisotopic (exact) mass is 158 g/mol. The zero-order valence-corrected chi connectivity index (χ0v) is 7.35. The van der Waals surface area contributed by atoms with Gasteiger partial charge in [0.25, 0.3) is 0 Å². The first-order valence-corrected chi connectivity index (χ1v) is 4.24. The van der Waals surface area contributed by atoms with Crippen LogP contribution in [0.25, 0.3) is 0 Å². The quantitative estimate of drug-likeness (QED) is 0.517. The number of hydrogen-bond acceptors (Lipinski definition) is 3. The van der Waals surface area contributed by atoms with E-state index in [1.54, 1.807) is 0 Å². The molecule has 1 rings (SSSR count). The van der Waals surface area contributed by atoms with E-state index in [1.807, 2.05) is 13.8 Å². The Morgan fingerprint density at radius 2 is 2.18 bits per heavy atom. The first-order valence-electron chi connectivity index (χ1n) is 4.24. The first-order chi connectivity index (χ1) is 5.08. The summed E-state index contributed by atoms with van der Waals surface area (Å²) >= 11 is 0. The fourth-order valence-electron chi connectivity index (χ4n) is 1.46. The number of piperazine rings is 1. The van der Waals surface area contributed by atoms with Gasteiger partial charge in [-0.1, -0.05) is 0 Å². The number of aliphatic hydroxyl groups is 1. The number of nitrogens with one attached hydrogen (secondary N) is 2. The molecule has 1 fully saturated rings. The van der Waals surface area contributed by atoms with Gasteiger partial charge in [-0.25, -0.2) is 0 Å². The van der Waals surface area contributed by atoms with E-state index in [4.69, 9.17) is 0 Å². The molecule has 66 valence electrons. The van der Waals surface area contributed by atoms with Crippen LogP contribution >= 0.6 is 0 Å².